The zero-order valence-corrected chi connectivity index (χ0v) is 30.7. The molecule has 0 saturated heterocycles. The van der Waals surface area contributed by atoms with E-state index in [0.29, 0.717) is 38.1 Å². The Kier molecular flexibility index (Phi) is 14.4. The smallest absolute Gasteiger partial charge is 0.242 e. The van der Waals surface area contributed by atoms with Crippen LogP contribution in [-0.2, 0) is 27.2 Å². The number of hydrogen-bond donors (Lipinski definition) is 4. The molecule has 3 amide bonds. The van der Waals surface area contributed by atoms with Gasteiger partial charge in [0.25, 0.3) is 0 Å². The number of benzene rings is 4. The van der Waals surface area contributed by atoms with Gasteiger partial charge >= 0.3 is 0 Å². The summed E-state index contributed by atoms with van der Waals surface area (Å²) in [4.78, 5) is 41.1. The highest BCUT2D eigenvalue weighted by atomic mass is 16.3. The number of carbonyl (C=O) groups is 3. The number of fused-ring (bicyclic) bond motifs is 2. The van der Waals surface area contributed by atoms with Crippen molar-refractivity contribution >= 4 is 39.3 Å². The van der Waals surface area contributed by atoms with Gasteiger partial charge in [-0.05, 0) is 76.1 Å². The maximum Gasteiger partial charge on any atom is 0.242 e. The number of hydrogen-bond acceptors (Lipinski definition) is 4. The SMILES string of the molecule is CCC(C)CNC(=O)CC(O)C(CC(C)C)NC(=O)[C@H](CC(C)C)NC(=O)C(Cc1cccc2ccccc12)Cc1cccc2ccccc12. The monoisotopic (exact) mass is 679 g/mol. The molecule has 0 aliphatic rings. The molecule has 0 radical (unpaired) electrons. The lowest BCUT2D eigenvalue weighted by Crippen LogP contribution is -2.54. The van der Waals surface area contributed by atoms with Crippen molar-refractivity contribution in [2.45, 2.75) is 98.3 Å². The van der Waals surface area contributed by atoms with E-state index in [9.17, 15) is 19.5 Å². The van der Waals surface area contributed by atoms with Crippen molar-refractivity contribution in [3.05, 3.63) is 96.1 Å². The Balaban J connectivity index is 1.58. The van der Waals surface area contributed by atoms with Crippen LogP contribution in [0.1, 0.15) is 78.4 Å². The molecule has 0 heterocycles. The molecule has 4 N–H and O–H groups in total. The summed E-state index contributed by atoms with van der Waals surface area (Å²) >= 11 is 0. The standard InChI is InChI=1S/C43H57N3O4/c1-7-30(6)27-44-41(48)26-40(47)38(22-28(2)3)45-43(50)39(23-29(4)5)46-42(49)35(24-33-18-12-16-31-14-8-10-20-36(31)33)25-34-19-13-17-32-15-9-11-21-37(32)34/h8-21,28-30,35,38-40,47H,7,22-27H2,1-6H3,(H,44,48)(H,45,50)(H,46,49)/t30?,38?,39-,40?/m0/s1. The summed E-state index contributed by atoms with van der Waals surface area (Å²) in [7, 11) is 0. The van der Waals surface area contributed by atoms with E-state index >= 15 is 0 Å². The van der Waals surface area contributed by atoms with Crippen molar-refractivity contribution in [2.75, 3.05) is 6.54 Å². The predicted octanol–water partition coefficient (Wildman–Crippen LogP) is 7.37. The number of nitrogens with one attached hydrogen (secondary N) is 3. The molecule has 4 atom stereocenters. The van der Waals surface area contributed by atoms with Gasteiger partial charge in [0, 0.05) is 12.5 Å². The van der Waals surface area contributed by atoms with E-state index in [4.69, 9.17) is 0 Å². The number of amides is 3. The first-order valence-electron chi connectivity index (χ1n) is 18.4. The number of carbonyl (C=O) groups excluding carboxylic acids is 3. The van der Waals surface area contributed by atoms with Crippen LogP contribution in [0.4, 0.5) is 0 Å². The van der Waals surface area contributed by atoms with Gasteiger partial charge in [-0.25, -0.2) is 0 Å². The summed E-state index contributed by atoms with van der Waals surface area (Å²) in [5, 5.41) is 24.7. The molecule has 0 fully saturated rings. The van der Waals surface area contributed by atoms with Gasteiger partial charge in [-0.1, -0.05) is 133 Å². The Morgan fingerprint density at radius 2 is 1.18 bits per heavy atom. The zero-order chi connectivity index (χ0) is 36.2. The zero-order valence-electron chi connectivity index (χ0n) is 30.7. The van der Waals surface area contributed by atoms with Crippen molar-refractivity contribution in [1.82, 2.24) is 16.0 Å². The molecule has 3 unspecified atom stereocenters. The highest BCUT2D eigenvalue weighted by molar-refractivity contribution is 5.91. The van der Waals surface area contributed by atoms with Crippen LogP contribution in [0, 0.1) is 23.7 Å². The Labute approximate surface area is 298 Å². The average molecular weight is 680 g/mol. The third-order valence-corrected chi connectivity index (χ3v) is 9.66. The van der Waals surface area contributed by atoms with E-state index in [2.05, 4.69) is 78.3 Å². The second-order valence-corrected chi connectivity index (χ2v) is 14.9. The predicted molar refractivity (Wildman–Crippen MR) is 205 cm³/mol. The quantitative estimate of drug-likeness (QED) is 0.0881. The molecular weight excluding hydrogens is 622 g/mol. The molecular formula is C43H57N3O4. The molecule has 4 aromatic carbocycles. The van der Waals surface area contributed by atoms with Gasteiger partial charge in [0.2, 0.25) is 17.7 Å². The Bertz CT molecular complexity index is 1630. The maximum atomic E-state index is 14.4. The largest absolute Gasteiger partial charge is 0.390 e. The minimum atomic E-state index is -1.06. The number of aliphatic hydroxyl groups is 1. The molecule has 7 heteroatoms. The third-order valence-electron chi connectivity index (χ3n) is 9.66. The van der Waals surface area contributed by atoms with Crippen molar-refractivity contribution < 1.29 is 19.5 Å². The molecule has 50 heavy (non-hydrogen) atoms. The molecule has 4 rings (SSSR count). The second-order valence-electron chi connectivity index (χ2n) is 14.9. The van der Waals surface area contributed by atoms with Gasteiger partial charge in [0.15, 0.2) is 0 Å². The first kappa shape index (κ1) is 38.6. The van der Waals surface area contributed by atoms with E-state index in [1.165, 1.54) is 0 Å². The van der Waals surface area contributed by atoms with Crippen LogP contribution < -0.4 is 16.0 Å². The Morgan fingerprint density at radius 1 is 0.660 bits per heavy atom. The second kappa shape index (κ2) is 18.7. The molecule has 0 aliphatic carbocycles. The van der Waals surface area contributed by atoms with Gasteiger partial charge in [-0.15, -0.1) is 0 Å². The lowest BCUT2D eigenvalue weighted by molar-refractivity contribution is -0.132. The fourth-order valence-corrected chi connectivity index (χ4v) is 6.66. The fourth-order valence-electron chi connectivity index (χ4n) is 6.66. The summed E-state index contributed by atoms with van der Waals surface area (Å²) < 4.78 is 0. The molecule has 0 saturated carbocycles. The normalized spacial score (nSPS) is 14.1. The fraction of sp³-hybridized carbons (Fsp3) is 0.465. The third kappa shape index (κ3) is 11.1. The molecule has 268 valence electrons. The highest BCUT2D eigenvalue weighted by Crippen LogP contribution is 2.27. The topological polar surface area (TPSA) is 108 Å². The average Bonchev–Trinajstić information content (AvgIpc) is 3.09. The Hall–Kier alpha value is -4.23. The lowest BCUT2D eigenvalue weighted by Gasteiger charge is -2.29. The van der Waals surface area contributed by atoms with Crippen molar-refractivity contribution in [3.8, 4) is 0 Å². The molecule has 0 bridgehead atoms. The Morgan fingerprint density at radius 3 is 1.70 bits per heavy atom. The lowest BCUT2D eigenvalue weighted by atomic mass is 9.87. The first-order chi connectivity index (χ1) is 23.9. The van der Waals surface area contributed by atoms with Crippen LogP contribution >= 0.6 is 0 Å². The van der Waals surface area contributed by atoms with Crippen molar-refractivity contribution in [3.63, 3.8) is 0 Å². The van der Waals surface area contributed by atoms with Crippen LogP contribution in [0.3, 0.4) is 0 Å². The van der Waals surface area contributed by atoms with Crippen LogP contribution in [0.25, 0.3) is 21.5 Å². The summed E-state index contributed by atoms with van der Waals surface area (Å²) in [5.41, 5.74) is 2.17. The molecule has 4 aromatic rings. The van der Waals surface area contributed by atoms with E-state index in [0.717, 1.165) is 39.1 Å². The molecule has 0 spiro atoms. The van der Waals surface area contributed by atoms with Crippen LogP contribution in [0.15, 0.2) is 84.9 Å². The minimum absolute atomic E-state index is 0.104. The van der Waals surface area contributed by atoms with Crippen molar-refractivity contribution in [2.24, 2.45) is 23.7 Å². The van der Waals surface area contributed by atoms with Gasteiger partial charge in [0.1, 0.15) is 6.04 Å². The maximum absolute atomic E-state index is 14.4. The number of aliphatic hydroxyl groups excluding tert-OH is 1. The van der Waals surface area contributed by atoms with Crippen LogP contribution in [-0.4, -0.2) is 47.6 Å². The van der Waals surface area contributed by atoms with E-state index in [1.54, 1.807) is 0 Å². The van der Waals surface area contributed by atoms with E-state index < -0.39 is 24.1 Å². The number of rotatable bonds is 18. The van der Waals surface area contributed by atoms with E-state index in [1.807, 2.05) is 64.1 Å². The van der Waals surface area contributed by atoms with Crippen molar-refractivity contribution in [1.29, 1.82) is 0 Å². The molecule has 0 aromatic heterocycles. The van der Waals surface area contributed by atoms with Crippen LogP contribution in [0.5, 0.6) is 0 Å². The first-order valence-corrected chi connectivity index (χ1v) is 18.4. The summed E-state index contributed by atoms with van der Waals surface area (Å²) in [6, 6.07) is 27.4. The van der Waals surface area contributed by atoms with Gasteiger partial charge in [-0.2, -0.15) is 0 Å². The van der Waals surface area contributed by atoms with E-state index in [-0.39, 0.29) is 36.0 Å². The van der Waals surface area contributed by atoms with Crippen LogP contribution in [0.2, 0.25) is 0 Å². The molecule has 7 nitrogen and oxygen atoms in total. The summed E-state index contributed by atoms with van der Waals surface area (Å²) in [6.07, 6.45) is 1.74. The highest BCUT2D eigenvalue weighted by Gasteiger charge is 2.31. The van der Waals surface area contributed by atoms with Gasteiger partial charge in [0.05, 0.1) is 18.6 Å². The van der Waals surface area contributed by atoms with Gasteiger partial charge in [-0.3, -0.25) is 14.4 Å². The summed E-state index contributed by atoms with van der Waals surface area (Å²) in [6.45, 7) is 12.8. The minimum Gasteiger partial charge on any atom is -0.390 e. The summed E-state index contributed by atoms with van der Waals surface area (Å²) in [5.74, 6) is -0.573. The molecule has 0 aliphatic heterocycles. The van der Waals surface area contributed by atoms with Gasteiger partial charge < -0.3 is 21.1 Å².